The van der Waals surface area contributed by atoms with Crippen molar-refractivity contribution in [3.05, 3.63) is 35.4 Å². The van der Waals surface area contributed by atoms with Gasteiger partial charge in [0.25, 0.3) is 0 Å². The Morgan fingerprint density at radius 3 is 2.52 bits per heavy atom. The topological polar surface area (TPSA) is 77.0 Å². The highest BCUT2D eigenvalue weighted by molar-refractivity contribution is 14.0. The highest BCUT2D eigenvalue weighted by Crippen LogP contribution is 2.38. The van der Waals surface area contributed by atoms with Crippen molar-refractivity contribution < 1.29 is 9.90 Å². The van der Waals surface area contributed by atoms with Crippen molar-refractivity contribution in [1.29, 1.82) is 0 Å². The molecular formula is C24H39IN4O2. The molecule has 2 fully saturated rings. The zero-order valence-corrected chi connectivity index (χ0v) is 21.2. The molecule has 0 atom stereocenters. The number of hydrogen-bond acceptors (Lipinski definition) is 3. The summed E-state index contributed by atoms with van der Waals surface area (Å²) in [4.78, 5) is 18.8. The first-order chi connectivity index (χ1) is 14.7. The van der Waals surface area contributed by atoms with Crippen LogP contribution in [0.1, 0.15) is 69.4 Å². The molecule has 0 aromatic heterocycles. The fraction of sp³-hybridized carbons (Fsp3) is 0.667. The zero-order valence-electron chi connectivity index (χ0n) is 18.9. The van der Waals surface area contributed by atoms with Gasteiger partial charge in [0.15, 0.2) is 5.96 Å². The summed E-state index contributed by atoms with van der Waals surface area (Å²) >= 11 is 0. The highest BCUT2D eigenvalue weighted by Gasteiger charge is 2.31. The normalized spacial score (nSPS) is 18.6. The summed E-state index contributed by atoms with van der Waals surface area (Å²) in [5, 5.41) is 16.5. The minimum absolute atomic E-state index is 0. The lowest BCUT2D eigenvalue weighted by Crippen LogP contribution is -2.45. The zero-order chi connectivity index (χ0) is 21.2. The van der Waals surface area contributed by atoms with Crippen molar-refractivity contribution in [2.75, 3.05) is 26.2 Å². The van der Waals surface area contributed by atoms with Crippen LogP contribution in [0.4, 0.5) is 0 Å². The summed E-state index contributed by atoms with van der Waals surface area (Å²) < 4.78 is 0. The number of aliphatic imine (C=N–C) groups is 1. The Hall–Kier alpha value is -1.35. The van der Waals surface area contributed by atoms with E-state index in [-0.39, 0.29) is 41.9 Å². The molecule has 1 saturated heterocycles. The molecule has 0 spiro atoms. The molecule has 1 aromatic carbocycles. The fourth-order valence-electron chi connectivity index (χ4n) is 4.77. The molecular weight excluding hydrogens is 503 g/mol. The average Bonchev–Trinajstić information content (AvgIpc) is 3.16. The minimum Gasteiger partial charge on any atom is -0.396 e. The third-order valence-corrected chi connectivity index (χ3v) is 6.59. The maximum atomic E-state index is 12.0. The van der Waals surface area contributed by atoms with Crippen molar-refractivity contribution in [2.24, 2.45) is 10.4 Å². The van der Waals surface area contributed by atoms with Crippen LogP contribution < -0.4 is 10.6 Å². The summed E-state index contributed by atoms with van der Waals surface area (Å²) in [5.41, 5.74) is 2.52. The lowest BCUT2D eigenvalue weighted by molar-refractivity contribution is -0.128. The van der Waals surface area contributed by atoms with E-state index in [1.807, 2.05) is 17.0 Å². The van der Waals surface area contributed by atoms with E-state index in [1.54, 1.807) is 0 Å². The van der Waals surface area contributed by atoms with E-state index in [0.717, 1.165) is 44.0 Å². The van der Waals surface area contributed by atoms with Gasteiger partial charge in [0.1, 0.15) is 0 Å². The van der Waals surface area contributed by atoms with Gasteiger partial charge in [-0.3, -0.25) is 4.79 Å². The Kier molecular flexibility index (Phi) is 11.1. The first-order valence-electron chi connectivity index (χ1n) is 11.6. The Bertz CT molecular complexity index is 714. The molecule has 7 heteroatoms. The Labute approximate surface area is 204 Å². The molecule has 6 nitrogen and oxygen atoms in total. The smallest absolute Gasteiger partial charge is 0.222 e. The summed E-state index contributed by atoms with van der Waals surface area (Å²) in [6, 6.07) is 8.29. The second kappa shape index (κ2) is 13.3. The quantitative estimate of drug-likeness (QED) is 0.252. The predicted octanol–water partition coefficient (Wildman–Crippen LogP) is 3.82. The van der Waals surface area contributed by atoms with Crippen LogP contribution in [0.3, 0.4) is 0 Å². The largest absolute Gasteiger partial charge is 0.396 e. The number of carbonyl (C=O) groups excluding carboxylic acids is 1. The van der Waals surface area contributed by atoms with E-state index < -0.39 is 0 Å². The molecule has 0 bridgehead atoms. The van der Waals surface area contributed by atoms with Crippen LogP contribution in [0.2, 0.25) is 0 Å². The van der Waals surface area contributed by atoms with Gasteiger partial charge in [0, 0.05) is 39.2 Å². The standard InChI is InChI=1S/C24H38N4O2.HI/c1-2-25-23(27-19-24(14-16-29)12-6-3-7-13-24)26-17-20-9-4-5-10-21(20)18-28-15-8-11-22(28)30;/h4-5,9-10,29H,2-3,6-8,11-19H2,1H3,(H2,25,26,27);1H. The van der Waals surface area contributed by atoms with Crippen LogP contribution >= 0.6 is 24.0 Å². The number of likely N-dealkylation sites (tertiary alicyclic amines) is 1. The molecule has 31 heavy (non-hydrogen) atoms. The number of benzene rings is 1. The number of rotatable bonds is 9. The van der Waals surface area contributed by atoms with E-state index in [4.69, 9.17) is 4.99 Å². The molecule has 1 amide bonds. The molecule has 3 rings (SSSR count). The van der Waals surface area contributed by atoms with Gasteiger partial charge >= 0.3 is 0 Å². The summed E-state index contributed by atoms with van der Waals surface area (Å²) in [7, 11) is 0. The lowest BCUT2D eigenvalue weighted by Gasteiger charge is -2.37. The number of carbonyl (C=O) groups is 1. The van der Waals surface area contributed by atoms with Gasteiger partial charge in [-0.05, 0) is 49.1 Å². The van der Waals surface area contributed by atoms with E-state index >= 15 is 0 Å². The Morgan fingerprint density at radius 2 is 1.87 bits per heavy atom. The lowest BCUT2D eigenvalue weighted by atomic mass is 9.72. The van der Waals surface area contributed by atoms with Crippen molar-refractivity contribution in [3.8, 4) is 0 Å². The molecule has 174 valence electrons. The van der Waals surface area contributed by atoms with E-state index in [9.17, 15) is 9.90 Å². The second-order valence-electron chi connectivity index (χ2n) is 8.77. The maximum absolute atomic E-state index is 12.0. The van der Waals surface area contributed by atoms with Crippen molar-refractivity contribution in [2.45, 2.75) is 71.4 Å². The summed E-state index contributed by atoms with van der Waals surface area (Å²) in [6.45, 7) is 6.10. The van der Waals surface area contributed by atoms with Crippen LogP contribution in [-0.4, -0.2) is 48.1 Å². The Balaban J connectivity index is 0.00000341. The van der Waals surface area contributed by atoms with Crippen LogP contribution in [0.15, 0.2) is 29.3 Å². The van der Waals surface area contributed by atoms with E-state index in [1.165, 1.54) is 37.7 Å². The molecule has 1 heterocycles. The first-order valence-corrected chi connectivity index (χ1v) is 11.6. The number of aliphatic hydroxyl groups excluding tert-OH is 1. The van der Waals surface area contributed by atoms with Gasteiger partial charge in [-0.15, -0.1) is 24.0 Å². The summed E-state index contributed by atoms with van der Waals surface area (Å²) in [5.74, 6) is 1.08. The summed E-state index contributed by atoms with van der Waals surface area (Å²) in [6.07, 6.45) is 8.63. The minimum atomic E-state index is 0. The SMILES string of the molecule is CCNC(=NCc1ccccc1CN1CCCC1=O)NCC1(CCO)CCCCC1.I. The van der Waals surface area contributed by atoms with Crippen LogP contribution in [0.5, 0.6) is 0 Å². The third kappa shape index (κ3) is 7.63. The van der Waals surface area contributed by atoms with E-state index in [2.05, 4.69) is 29.7 Å². The van der Waals surface area contributed by atoms with Gasteiger partial charge in [-0.25, -0.2) is 4.99 Å². The number of hydrogen-bond donors (Lipinski definition) is 3. The highest BCUT2D eigenvalue weighted by atomic mass is 127. The van der Waals surface area contributed by atoms with E-state index in [0.29, 0.717) is 19.5 Å². The molecule has 1 aliphatic heterocycles. The van der Waals surface area contributed by atoms with Gasteiger partial charge in [0.2, 0.25) is 5.91 Å². The monoisotopic (exact) mass is 542 g/mol. The van der Waals surface area contributed by atoms with Gasteiger partial charge in [-0.2, -0.15) is 0 Å². The van der Waals surface area contributed by atoms with Crippen LogP contribution in [-0.2, 0) is 17.9 Å². The number of nitrogens with one attached hydrogen (secondary N) is 2. The molecule has 0 unspecified atom stereocenters. The third-order valence-electron chi connectivity index (χ3n) is 6.59. The van der Waals surface area contributed by atoms with Crippen molar-refractivity contribution in [3.63, 3.8) is 0 Å². The Morgan fingerprint density at radius 1 is 1.13 bits per heavy atom. The molecule has 1 aromatic rings. The molecule has 1 aliphatic carbocycles. The molecule has 3 N–H and O–H groups in total. The number of aliphatic hydroxyl groups is 1. The maximum Gasteiger partial charge on any atom is 0.222 e. The van der Waals surface area contributed by atoms with Crippen LogP contribution in [0.25, 0.3) is 0 Å². The van der Waals surface area contributed by atoms with Gasteiger partial charge < -0.3 is 20.6 Å². The van der Waals surface area contributed by atoms with Crippen LogP contribution in [0, 0.1) is 5.41 Å². The molecule has 0 radical (unpaired) electrons. The molecule has 1 saturated carbocycles. The van der Waals surface area contributed by atoms with Crippen molar-refractivity contribution >= 4 is 35.8 Å². The fourth-order valence-corrected chi connectivity index (χ4v) is 4.77. The number of halogens is 1. The molecule has 2 aliphatic rings. The number of nitrogens with zero attached hydrogens (tertiary/aromatic N) is 2. The van der Waals surface area contributed by atoms with Gasteiger partial charge in [-0.1, -0.05) is 43.5 Å². The number of amides is 1. The second-order valence-corrected chi connectivity index (χ2v) is 8.77. The first kappa shape index (κ1) is 25.9. The van der Waals surface area contributed by atoms with Crippen molar-refractivity contribution in [1.82, 2.24) is 15.5 Å². The van der Waals surface area contributed by atoms with Gasteiger partial charge in [0.05, 0.1) is 6.54 Å². The predicted molar refractivity (Wildman–Crippen MR) is 137 cm³/mol. The average molecular weight is 543 g/mol. The number of guanidine groups is 1.